The Morgan fingerprint density at radius 3 is 2.44 bits per heavy atom. The molecule has 0 bridgehead atoms. The summed E-state index contributed by atoms with van der Waals surface area (Å²) in [6, 6.07) is 3.36. The number of sulfonamides is 1. The Morgan fingerprint density at radius 2 is 1.94 bits per heavy atom. The molecule has 0 aliphatic rings. The summed E-state index contributed by atoms with van der Waals surface area (Å²) in [7, 11) is -2.25. The zero-order chi connectivity index (χ0) is 13.9. The topological polar surface area (TPSA) is 78.6 Å². The van der Waals surface area contributed by atoms with Crippen LogP contribution in [0.1, 0.15) is 18.1 Å². The van der Waals surface area contributed by atoms with E-state index in [0.717, 1.165) is 11.1 Å². The van der Waals surface area contributed by atoms with Gasteiger partial charge < -0.3 is 9.47 Å². The van der Waals surface area contributed by atoms with Crippen molar-refractivity contribution in [2.24, 2.45) is 5.14 Å². The highest BCUT2D eigenvalue weighted by molar-refractivity contribution is 7.89. The number of methoxy groups -OCH3 is 1. The van der Waals surface area contributed by atoms with Crippen LogP contribution in [-0.2, 0) is 14.8 Å². The van der Waals surface area contributed by atoms with E-state index >= 15 is 0 Å². The van der Waals surface area contributed by atoms with Crippen LogP contribution in [0.25, 0.3) is 0 Å². The molecule has 0 amide bonds. The minimum absolute atomic E-state index is 0.0166. The molecule has 1 atom stereocenters. The van der Waals surface area contributed by atoms with Gasteiger partial charge in [0, 0.05) is 7.11 Å². The first-order chi connectivity index (χ1) is 8.25. The Bertz CT molecular complexity index is 525. The molecule has 0 fully saturated rings. The second-order valence-corrected chi connectivity index (χ2v) is 5.87. The molecule has 18 heavy (non-hydrogen) atoms. The normalized spacial score (nSPS) is 13.4. The molecule has 0 saturated heterocycles. The van der Waals surface area contributed by atoms with Gasteiger partial charge in [0.15, 0.2) is 0 Å². The molecule has 2 N–H and O–H groups in total. The third-order valence-corrected chi connectivity index (χ3v) is 3.33. The molecule has 1 aromatic rings. The van der Waals surface area contributed by atoms with E-state index in [1.165, 1.54) is 6.07 Å². The van der Waals surface area contributed by atoms with Gasteiger partial charge in [-0.1, -0.05) is 6.07 Å². The largest absolute Gasteiger partial charge is 0.487 e. The number of ether oxygens (including phenoxy) is 2. The summed E-state index contributed by atoms with van der Waals surface area (Å²) in [6.07, 6.45) is -0.253. The molecule has 6 heteroatoms. The van der Waals surface area contributed by atoms with Gasteiger partial charge in [0.25, 0.3) is 0 Å². The summed E-state index contributed by atoms with van der Waals surface area (Å²) in [5.74, 6) is 0.299. The summed E-state index contributed by atoms with van der Waals surface area (Å²) in [5, 5.41) is 5.21. The van der Waals surface area contributed by atoms with Crippen LogP contribution >= 0.6 is 0 Å². The van der Waals surface area contributed by atoms with Gasteiger partial charge in [0.1, 0.15) is 16.7 Å². The highest BCUT2D eigenvalue weighted by Gasteiger charge is 2.19. The fourth-order valence-electron chi connectivity index (χ4n) is 1.75. The smallest absolute Gasteiger partial charge is 0.241 e. The maximum atomic E-state index is 11.6. The molecule has 0 aromatic heterocycles. The van der Waals surface area contributed by atoms with E-state index in [4.69, 9.17) is 14.6 Å². The van der Waals surface area contributed by atoms with Crippen LogP contribution in [-0.4, -0.2) is 28.2 Å². The number of hydrogen-bond donors (Lipinski definition) is 1. The average molecular weight is 273 g/mol. The summed E-state index contributed by atoms with van der Waals surface area (Å²) >= 11 is 0. The van der Waals surface area contributed by atoms with Crippen LogP contribution in [0, 0.1) is 13.8 Å². The molecule has 102 valence electrons. The van der Waals surface area contributed by atoms with E-state index in [1.807, 2.05) is 13.0 Å². The fourth-order valence-corrected chi connectivity index (χ4v) is 2.57. The molecule has 1 unspecified atom stereocenters. The van der Waals surface area contributed by atoms with Gasteiger partial charge in [-0.05, 0) is 38.0 Å². The monoisotopic (exact) mass is 273 g/mol. The van der Waals surface area contributed by atoms with Crippen LogP contribution < -0.4 is 9.88 Å². The van der Waals surface area contributed by atoms with Crippen molar-refractivity contribution in [2.75, 3.05) is 13.7 Å². The number of hydrogen-bond acceptors (Lipinski definition) is 4. The van der Waals surface area contributed by atoms with Gasteiger partial charge >= 0.3 is 0 Å². The van der Waals surface area contributed by atoms with Crippen molar-refractivity contribution in [3.05, 3.63) is 23.3 Å². The number of aryl methyl sites for hydroxylation is 2. The first kappa shape index (κ1) is 14.9. The number of primary sulfonamides is 1. The molecule has 0 radical (unpaired) electrons. The van der Waals surface area contributed by atoms with Crippen molar-refractivity contribution in [1.29, 1.82) is 0 Å². The van der Waals surface area contributed by atoms with Crippen molar-refractivity contribution in [3.8, 4) is 5.75 Å². The van der Waals surface area contributed by atoms with Crippen LogP contribution in [0.4, 0.5) is 0 Å². The number of benzene rings is 1. The van der Waals surface area contributed by atoms with Crippen LogP contribution in [0.3, 0.4) is 0 Å². The Labute approximate surface area is 108 Å². The minimum atomic E-state index is -3.80. The molecule has 0 aliphatic carbocycles. The van der Waals surface area contributed by atoms with Gasteiger partial charge in [-0.2, -0.15) is 0 Å². The average Bonchev–Trinajstić information content (AvgIpc) is 2.20. The van der Waals surface area contributed by atoms with Crippen molar-refractivity contribution < 1.29 is 17.9 Å². The number of nitrogens with two attached hydrogens (primary N) is 1. The van der Waals surface area contributed by atoms with Crippen molar-refractivity contribution in [2.45, 2.75) is 31.8 Å². The van der Waals surface area contributed by atoms with Crippen LogP contribution in [0.15, 0.2) is 17.0 Å². The van der Waals surface area contributed by atoms with Crippen molar-refractivity contribution in [1.82, 2.24) is 0 Å². The van der Waals surface area contributed by atoms with Gasteiger partial charge in [0.2, 0.25) is 10.0 Å². The van der Waals surface area contributed by atoms with E-state index in [2.05, 4.69) is 0 Å². The van der Waals surface area contributed by atoms with E-state index in [1.54, 1.807) is 21.0 Å². The molecule has 5 nitrogen and oxygen atoms in total. The Kier molecular flexibility index (Phi) is 4.72. The number of rotatable bonds is 5. The second-order valence-electron chi connectivity index (χ2n) is 4.34. The predicted octanol–water partition coefficient (Wildman–Crippen LogP) is 1.36. The SMILES string of the molecule is COCC(C)Oc1c(C)cc(C)cc1S(N)(=O)=O. The van der Waals surface area contributed by atoms with E-state index in [0.29, 0.717) is 12.4 Å². The van der Waals surface area contributed by atoms with Gasteiger partial charge in [-0.3, -0.25) is 0 Å². The lowest BCUT2D eigenvalue weighted by Crippen LogP contribution is -2.21. The molecule has 1 rings (SSSR count). The molecule has 0 spiro atoms. The Hall–Kier alpha value is -1.11. The summed E-state index contributed by atoms with van der Waals surface area (Å²) in [5.41, 5.74) is 1.56. The van der Waals surface area contributed by atoms with Gasteiger partial charge in [-0.25, -0.2) is 13.6 Å². The minimum Gasteiger partial charge on any atom is -0.487 e. The predicted molar refractivity (Wildman–Crippen MR) is 69.3 cm³/mol. The van der Waals surface area contributed by atoms with Gasteiger partial charge in [-0.15, -0.1) is 0 Å². The first-order valence-electron chi connectivity index (χ1n) is 5.55. The quantitative estimate of drug-likeness (QED) is 0.878. The third-order valence-electron chi connectivity index (χ3n) is 2.41. The molecule has 1 aromatic carbocycles. The zero-order valence-corrected chi connectivity index (χ0v) is 11.9. The van der Waals surface area contributed by atoms with Gasteiger partial charge in [0.05, 0.1) is 6.61 Å². The van der Waals surface area contributed by atoms with E-state index < -0.39 is 10.0 Å². The second kappa shape index (κ2) is 5.69. The van der Waals surface area contributed by atoms with E-state index in [9.17, 15) is 8.42 Å². The van der Waals surface area contributed by atoms with Crippen LogP contribution in [0.5, 0.6) is 5.75 Å². The molecule has 0 heterocycles. The van der Waals surface area contributed by atoms with Crippen molar-refractivity contribution in [3.63, 3.8) is 0 Å². The standard InChI is InChI=1S/C12H19NO4S/c1-8-5-9(2)12(17-10(3)7-16-4)11(6-8)18(13,14)15/h5-6,10H,7H2,1-4H3,(H2,13,14,15). The summed E-state index contributed by atoms with van der Waals surface area (Å²) < 4.78 is 33.7. The summed E-state index contributed by atoms with van der Waals surface area (Å²) in [4.78, 5) is 0.0166. The summed E-state index contributed by atoms with van der Waals surface area (Å²) in [6.45, 7) is 5.77. The third kappa shape index (κ3) is 3.69. The van der Waals surface area contributed by atoms with E-state index in [-0.39, 0.29) is 11.0 Å². The highest BCUT2D eigenvalue weighted by atomic mass is 32.2. The lowest BCUT2D eigenvalue weighted by atomic mass is 10.1. The Morgan fingerprint density at radius 1 is 1.33 bits per heavy atom. The Balaban J connectivity index is 3.25. The maximum Gasteiger partial charge on any atom is 0.241 e. The highest BCUT2D eigenvalue weighted by Crippen LogP contribution is 2.29. The maximum absolute atomic E-state index is 11.6. The lowest BCUT2D eigenvalue weighted by Gasteiger charge is -2.18. The van der Waals surface area contributed by atoms with Crippen molar-refractivity contribution >= 4 is 10.0 Å². The molecule has 0 aliphatic heterocycles. The molecular formula is C12H19NO4S. The van der Waals surface area contributed by atoms with Crippen LogP contribution in [0.2, 0.25) is 0 Å². The molecule has 0 saturated carbocycles. The lowest BCUT2D eigenvalue weighted by molar-refractivity contribution is 0.0896. The first-order valence-corrected chi connectivity index (χ1v) is 7.10. The fraction of sp³-hybridized carbons (Fsp3) is 0.500. The zero-order valence-electron chi connectivity index (χ0n) is 11.1. The molecular weight excluding hydrogens is 254 g/mol.